The Hall–Kier alpha value is -2.63. The molecule has 17 heavy (non-hydrogen) atoms. The summed E-state index contributed by atoms with van der Waals surface area (Å²) in [7, 11) is 0. The zero-order valence-electron chi connectivity index (χ0n) is 8.71. The van der Waals surface area contributed by atoms with Gasteiger partial charge in [-0.15, -0.1) is 0 Å². The third-order valence-electron chi connectivity index (χ3n) is 2.00. The van der Waals surface area contributed by atoms with E-state index in [4.69, 9.17) is 4.42 Å². The van der Waals surface area contributed by atoms with E-state index in [1.165, 1.54) is 24.8 Å². The fourth-order valence-electron chi connectivity index (χ4n) is 1.15. The van der Waals surface area contributed by atoms with E-state index in [1.807, 2.05) is 0 Å². The fourth-order valence-corrected chi connectivity index (χ4v) is 1.15. The van der Waals surface area contributed by atoms with Crippen molar-refractivity contribution in [2.75, 3.05) is 0 Å². The van der Waals surface area contributed by atoms with Gasteiger partial charge in [0.2, 0.25) is 0 Å². The van der Waals surface area contributed by atoms with Gasteiger partial charge in [-0.2, -0.15) is 0 Å². The predicted molar refractivity (Wildman–Crippen MR) is 57.9 cm³/mol. The molecular weight excluding hydrogens is 222 g/mol. The summed E-state index contributed by atoms with van der Waals surface area (Å²) < 4.78 is 4.74. The molecule has 0 radical (unpaired) electrons. The van der Waals surface area contributed by atoms with E-state index < -0.39 is 11.8 Å². The molecule has 0 bridgehead atoms. The summed E-state index contributed by atoms with van der Waals surface area (Å²) in [5, 5.41) is 0. The fraction of sp³-hybridized carbons (Fsp3) is 0. The second kappa shape index (κ2) is 4.93. The maximum absolute atomic E-state index is 11.5. The highest BCUT2D eigenvalue weighted by atomic mass is 16.3. The number of furan rings is 1. The summed E-state index contributed by atoms with van der Waals surface area (Å²) in [5.41, 5.74) is 5.22. The van der Waals surface area contributed by atoms with E-state index in [0.29, 0.717) is 11.1 Å². The lowest BCUT2D eigenvalue weighted by atomic mass is 10.3. The summed E-state index contributed by atoms with van der Waals surface area (Å²) in [6.45, 7) is 0. The monoisotopic (exact) mass is 231 g/mol. The van der Waals surface area contributed by atoms with E-state index in [1.54, 1.807) is 18.3 Å². The second-order valence-electron chi connectivity index (χ2n) is 3.16. The van der Waals surface area contributed by atoms with Crippen molar-refractivity contribution in [1.82, 2.24) is 15.8 Å². The maximum Gasteiger partial charge on any atom is 0.272 e. The molecule has 2 heterocycles. The van der Waals surface area contributed by atoms with Crippen molar-refractivity contribution in [2.45, 2.75) is 0 Å². The lowest BCUT2D eigenvalue weighted by Gasteiger charge is -2.05. The van der Waals surface area contributed by atoms with Gasteiger partial charge in [0, 0.05) is 12.4 Å². The molecule has 2 N–H and O–H groups in total. The normalized spacial score (nSPS) is 9.65. The van der Waals surface area contributed by atoms with Crippen molar-refractivity contribution in [1.29, 1.82) is 0 Å². The van der Waals surface area contributed by atoms with Crippen molar-refractivity contribution in [3.63, 3.8) is 0 Å². The highest BCUT2D eigenvalue weighted by Gasteiger charge is 2.09. The van der Waals surface area contributed by atoms with Gasteiger partial charge >= 0.3 is 0 Å². The molecule has 2 aromatic heterocycles. The van der Waals surface area contributed by atoms with Crippen molar-refractivity contribution in [2.24, 2.45) is 0 Å². The van der Waals surface area contributed by atoms with Crippen LogP contribution in [0.1, 0.15) is 20.7 Å². The Morgan fingerprint density at radius 3 is 2.47 bits per heavy atom. The Labute approximate surface area is 96.6 Å². The molecule has 0 saturated heterocycles. The van der Waals surface area contributed by atoms with Crippen molar-refractivity contribution in [3.8, 4) is 0 Å². The molecule has 0 saturated carbocycles. The number of pyridine rings is 1. The number of nitrogens with zero attached hydrogens (tertiary/aromatic N) is 1. The highest BCUT2D eigenvalue weighted by molar-refractivity contribution is 5.98. The Bertz CT molecular complexity index is 508. The molecule has 0 aromatic carbocycles. The van der Waals surface area contributed by atoms with E-state index in [-0.39, 0.29) is 0 Å². The number of hydrazine groups is 1. The summed E-state index contributed by atoms with van der Waals surface area (Å²) in [5.74, 6) is -0.883. The molecule has 6 heteroatoms. The minimum atomic E-state index is -0.448. The Kier molecular flexibility index (Phi) is 3.15. The van der Waals surface area contributed by atoms with Crippen LogP contribution in [-0.4, -0.2) is 16.8 Å². The number of amides is 2. The molecule has 0 unspecified atom stereocenters. The van der Waals surface area contributed by atoms with Crippen molar-refractivity contribution in [3.05, 3.63) is 54.2 Å². The van der Waals surface area contributed by atoms with Crippen LogP contribution >= 0.6 is 0 Å². The molecule has 0 aliphatic heterocycles. The topological polar surface area (TPSA) is 84.2 Å². The van der Waals surface area contributed by atoms with Gasteiger partial charge < -0.3 is 4.42 Å². The molecule has 86 valence electrons. The Morgan fingerprint density at radius 1 is 1.12 bits per heavy atom. The molecule has 0 aliphatic carbocycles. The van der Waals surface area contributed by atoms with E-state index in [9.17, 15) is 9.59 Å². The summed E-state index contributed by atoms with van der Waals surface area (Å²) >= 11 is 0. The SMILES string of the molecule is O=C(NNC(=O)c1ccoc1)c1cccnc1. The summed E-state index contributed by atoms with van der Waals surface area (Å²) in [6, 6.07) is 4.71. The van der Waals surface area contributed by atoms with Gasteiger partial charge in [0.25, 0.3) is 11.8 Å². The van der Waals surface area contributed by atoms with E-state index in [2.05, 4.69) is 15.8 Å². The van der Waals surface area contributed by atoms with Gasteiger partial charge in [-0.05, 0) is 18.2 Å². The average molecular weight is 231 g/mol. The lowest BCUT2D eigenvalue weighted by molar-refractivity contribution is 0.0846. The molecule has 2 rings (SSSR count). The first-order chi connectivity index (χ1) is 8.27. The van der Waals surface area contributed by atoms with Gasteiger partial charge in [-0.3, -0.25) is 25.4 Å². The van der Waals surface area contributed by atoms with Crippen LogP contribution in [0.15, 0.2) is 47.5 Å². The molecular formula is C11H9N3O3. The van der Waals surface area contributed by atoms with Crippen LogP contribution in [0.4, 0.5) is 0 Å². The first-order valence-electron chi connectivity index (χ1n) is 4.80. The zero-order valence-corrected chi connectivity index (χ0v) is 8.71. The van der Waals surface area contributed by atoms with Crippen LogP contribution in [0, 0.1) is 0 Å². The van der Waals surface area contributed by atoms with Crippen LogP contribution in [-0.2, 0) is 0 Å². The summed E-state index contributed by atoms with van der Waals surface area (Å²) in [6.07, 6.45) is 5.61. The van der Waals surface area contributed by atoms with Crippen LogP contribution in [0.25, 0.3) is 0 Å². The summed E-state index contributed by atoms with van der Waals surface area (Å²) in [4.78, 5) is 26.8. The smallest absolute Gasteiger partial charge is 0.272 e. The number of rotatable bonds is 2. The molecule has 0 atom stereocenters. The first kappa shape index (κ1) is 10.9. The van der Waals surface area contributed by atoms with Crippen LogP contribution in [0.3, 0.4) is 0 Å². The second-order valence-corrected chi connectivity index (χ2v) is 3.16. The quantitative estimate of drug-likeness (QED) is 0.747. The third-order valence-corrected chi connectivity index (χ3v) is 2.00. The van der Waals surface area contributed by atoms with Crippen LogP contribution in [0.5, 0.6) is 0 Å². The van der Waals surface area contributed by atoms with Gasteiger partial charge in [0.05, 0.1) is 17.4 Å². The number of carbonyl (C=O) groups is 2. The standard InChI is InChI=1S/C11H9N3O3/c15-10(8-2-1-4-12-6-8)13-14-11(16)9-3-5-17-7-9/h1-7H,(H,13,15)(H,14,16). The minimum Gasteiger partial charge on any atom is -0.472 e. The lowest BCUT2D eigenvalue weighted by Crippen LogP contribution is -2.41. The predicted octanol–water partition coefficient (Wildman–Crippen LogP) is 0.749. The van der Waals surface area contributed by atoms with Gasteiger partial charge in [-0.1, -0.05) is 0 Å². The molecule has 0 fully saturated rings. The van der Waals surface area contributed by atoms with Crippen molar-refractivity contribution >= 4 is 11.8 Å². The number of nitrogens with one attached hydrogen (secondary N) is 2. The van der Waals surface area contributed by atoms with E-state index in [0.717, 1.165) is 0 Å². The first-order valence-corrected chi connectivity index (χ1v) is 4.80. The average Bonchev–Trinajstić information content (AvgIpc) is 2.90. The molecule has 6 nitrogen and oxygen atoms in total. The van der Waals surface area contributed by atoms with Crippen molar-refractivity contribution < 1.29 is 14.0 Å². The highest BCUT2D eigenvalue weighted by Crippen LogP contribution is 1.98. The molecule has 0 spiro atoms. The Balaban J connectivity index is 1.91. The van der Waals surface area contributed by atoms with Gasteiger partial charge in [0.1, 0.15) is 6.26 Å². The zero-order chi connectivity index (χ0) is 12.1. The molecule has 0 aliphatic rings. The van der Waals surface area contributed by atoms with E-state index >= 15 is 0 Å². The molecule has 2 aromatic rings. The molecule has 2 amide bonds. The number of hydrogen-bond acceptors (Lipinski definition) is 4. The van der Waals surface area contributed by atoms with Crippen LogP contribution < -0.4 is 10.9 Å². The maximum atomic E-state index is 11.5. The number of aromatic nitrogens is 1. The Morgan fingerprint density at radius 2 is 1.88 bits per heavy atom. The third kappa shape index (κ3) is 2.69. The van der Waals surface area contributed by atoms with Gasteiger partial charge in [0.15, 0.2) is 0 Å². The minimum absolute atomic E-state index is 0.330. The largest absolute Gasteiger partial charge is 0.472 e. The van der Waals surface area contributed by atoms with Crippen LogP contribution in [0.2, 0.25) is 0 Å². The number of hydrogen-bond donors (Lipinski definition) is 2. The van der Waals surface area contributed by atoms with Gasteiger partial charge in [-0.25, -0.2) is 0 Å². The number of carbonyl (C=O) groups excluding carboxylic acids is 2.